The second-order valence-electron chi connectivity index (χ2n) is 5.93. The SMILES string of the molecule is CO/N=C(/C(=O)OC)c1cccc(C)c1CO/N=C(\C)c1nccc(C(F)(F)F)n1. The van der Waals surface area contributed by atoms with Crippen molar-refractivity contribution in [2.45, 2.75) is 26.6 Å². The van der Waals surface area contributed by atoms with Crippen LogP contribution in [0.25, 0.3) is 0 Å². The molecule has 0 bridgehead atoms. The van der Waals surface area contributed by atoms with Gasteiger partial charge in [-0.2, -0.15) is 13.2 Å². The highest BCUT2D eigenvalue weighted by Crippen LogP contribution is 2.27. The number of nitrogens with zero attached hydrogens (tertiary/aromatic N) is 4. The molecule has 0 radical (unpaired) electrons. The third-order valence-corrected chi connectivity index (χ3v) is 3.91. The van der Waals surface area contributed by atoms with Gasteiger partial charge in [0.2, 0.25) is 0 Å². The first-order valence-corrected chi connectivity index (χ1v) is 8.54. The first-order chi connectivity index (χ1) is 14.2. The van der Waals surface area contributed by atoms with E-state index >= 15 is 0 Å². The number of carbonyl (C=O) groups excluding carboxylic acids is 1. The number of carbonyl (C=O) groups is 1. The van der Waals surface area contributed by atoms with Gasteiger partial charge in [-0.25, -0.2) is 14.8 Å². The Bertz CT molecular complexity index is 974. The number of aryl methyl sites for hydroxylation is 1. The Labute approximate surface area is 170 Å². The Hall–Kier alpha value is -3.50. The van der Waals surface area contributed by atoms with Gasteiger partial charge in [-0.15, -0.1) is 0 Å². The lowest BCUT2D eigenvalue weighted by Crippen LogP contribution is -2.20. The van der Waals surface area contributed by atoms with Gasteiger partial charge in [0.25, 0.3) is 0 Å². The van der Waals surface area contributed by atoms with Crippen molar-refractivity contribution in [2.75, 3.05) is 14.2 Å². The monoisotopic (exact) mass is 424 g/mol. The number of aromatic nitrogens is 2. The fraction of sp³-hybridized carbons (Fsp3) is 0.316. The van der Waals surface area contributed by atoms with E-state index in [-0.39, 0.29) is 23.9 Å². The topological polar surface area (TPSA) is 95.3 Å². The maximum absolute atomic E-state index is 12.8. The Balaban J connectivity index is 2.28. The van der Waals surface area contributed by atoms with Crippen LogP contribution >= 0.6 is 0 Å². The summed E-state index contributed by atoms with van der Waals surface area (Å²) in [6, 6.07) is 5.90. The van der Waals surface area contributed by atoms with Gasteiger partial charge >= 0.3 is 12.1 Å². The summed E-state index contributed by atoms with van der Waals surface area (Å²) in [6.07, 6.45) is -3.60. The molecule has 2 rings (SSSR count). The van der Waals surface area contributed by atoms with Crippen molar-refractivity contribution < 1.29 is 32.4 Å². The number of oxime groups is 2. The Kier molecular flexibility index (Phi) is 7.45. The number of methoxy groups -OCH3 is 1. The number of alkyl halides is 3. The van der Waals surface area contributed by atoms with E-state index in [1.165, 1.54) is 21.1 Å². The smallest absolute Gasteiger partial charge is 0.433 e. The lowest BCUT2D eigenvalue weighted by molar-refractivity contribution is -0.141. The summed E-state index contributed by atoms with van der Waals surface area (Å²) in [7, 11) is 2.50. The molecule has 0 amide bonds. The van der Waals surface area contributed by atoms with Crippen molar-refractivity contribution in [2.24, 2.45) is 10.3 Å². The second kappa shape index (κ2) is 9.81. The van der Waals surface area contributed by atoms with E-state index < -0.39 is 17.8 Å². The Morgan fingerprint density at radius 1 is 1.17 bits per heavy atom. The molecule has 160 valence electrons. The van der Waals surface area contributed by atoms with Crippen LogP contribution in [0.5, 0.6) is 0 Å². The van der Waals surface area contributed by atoms with Crippen molar-refractivity contribution in [3.63, 3.8) is 0 Å². The summed E-state index contributed by atoms with van der Waals surface area (Å²) >= 11 is 0. The molecule has 0 saturated heterocycles. The molecule has 2 aromatic rings. The third kappa shape index (κ3) is 5.52. The number of hydrogen-bond donors (Lipinski definition) is 0. The van der Waals surface area contributed by atoms with Crippen molar-refractivity contribution in [1.29, 1.82) is 0 Å². The van der Waals surface area contributed by atoms with E-state index in [0.29, 0.717) is 11.1 Å². The quantitative estimate of drug-likeness (QED) is 0.385. The first kappa shape index (κ1) is 22.8. The first-order valence-electron chi connectivity index (χ1n) is 8.54. The van der Waals surface area contributed by atoms with E-state index in [4.69, 9.17) is 14.4 Å². The lowest BCUT2D eigenvalue weighted by Gasteiger charge is -2.12. The standard InChI is InChI=1S/C19H19F3N4O4/c1-11-6-5-7-13(16(26-29-4)18(27)28-3)14(11)10-30-25-12(2)17-23-9-8-15(24-17)19(20,21)22/h5-9H,10H2,1-4H3/b25-12+,26-16+. The third-order valence-electron chi connectivity index (χ3n) is 3.91. The molecule has 0 aliphatic heterocycles. The molecule has 1 aromatic carbocycles. The predicted molar refractivity (Wildman–Crippen MR) is 101 cm³/mol. The lowest BCUT2D eigenvalue weighted by atomic mass is 9.99. The van der Waals surface area contributed by atoms with E-state index in [9.17, 15) is 18.0 Å². The van der Waals surface area contributed by atoms with E-state index in [0.717, 1.165) is 17.8 Å². The minimum atomic E-state index is -4.60. The van der Waals surface area contributed by atoms with E-state index in [1.54, 1.807) is 25.1 Å². The van der Waals surface area contributed by atoms with Crippen molar-refractivity contribution in [3.05, 3.63) is 58.7 Å². The van der Waals surface area contributed by atoms with Crippen LogP contribution in [-0.4, -0.2) is 41.6 Å². The predicted octanol–water partition coefficient (Wildman–Crippen LogP) is 3.27. The average molecular weight is 424 g/mol. The largest absolute Gasteiger partial charge is 0.464 e. The maximum atomic E-state index is 12.8. The number of benzene rings is 1. The summed E-state index contributed by atoms with van der Waals surface area (Å²) < 4.78 is 43.1. The molecule has 0 fully saturated rings. The van der Waals surface area contributed by atoms with Crippen LogP contribution in [0.15, 0.2) is 40.8 Å². The van der Waals surface area contributed by atoms with Crippen molar-refractivity contribution >= 4 is 17.4 Å². The van der Waals surface area contributed by atoms with Crippen LogP contribution in [0.2, 0.25) is 0 Å². The van der Waals surface area contributed by atoms with Gasteiger partial charge in [-0.1, -0.05) is 28.5 Å². The summed E-state index contributed by atoms with van der Waals surface area (Å²) in [6.45, 7) is 3.11. The van der Waals surface area contributed by atoms with E-state index in [1.807, 2.05) is 0 Å². The molecule has 0 N–H and O–H groups in total. The van der Waals surface area contributed by atoms with Gasteiger partial charge in [-0.3, -0.25) is 0 Å². The summed E-state index contributed by atoms with van der Waals surface area (Å²) in [5.41, 5.74) is 0.649. The number of ether oxygens (including phenoxy) is 1. The minimum absolute atomic E-state index is 0.0509. The molecule has 1 heterocycles. The van der Waals surface area contributed by atoms with Gasteiger partial charge in [-0.05, 0) is 25.5 Å². The van der Waals surface area contributed by atoms with Crippen LogP contribution < -0.4 is 0 Å². The van der Waals surface area contributed by atoms with Gasteiger partial charge in [0.05, 0.1) is 7.11 Å². The van der Waals surface area contributed by atoms with Crippen molar-refractivity contribution in [3.8, 4) is 0 Å². The van der Waals surface area contributed by atoms with Gasteiger partial charge in [0.1, 0.15) is 25.1 Å². The van der Waals surface area contributed by atoms with Gasteiger partial charge < -0.3 is 14.4 Å². The summed E-state index contributed by atoms with van der Waals surface area (Å²) in [5.74, 6) is -0.924. The minimum Gasteiger partial charge on any atom is -0.464 e. The molecule has 8 nitrogen and oxygen atoms in total. The normalized spacial score (nSPS) is 12.5. The maximum Gasteiger partial charge on any atom is 0.433 e. The second-order valence-corrected chi connectivity index (χ2v) is 5.93. The molecule has 0 saturated carbocycles. The van der Waals surface area contributed by atoms with Gasteiger partial charge in [0.15, 0.2) is 11.5 Å². The fourth-order valence-corrected chi connectivity index (χ4v) is 2.43. The zero-order valence-electron chi connectivity index (χ0n) is 16.6. The molecule has 0 aliphatic carbocycles. The Morgan fingerprint density at radius 3 is 2.53 bits per heavy atom. The molecule has 0 unspecified atom stereocenters. The Morgan fingerprint density at radius 2 is 1.90 bits per heavy atom. The van der Waals surface area contributed by atoms with Gasteiger partial charge in [0, 0.05) is 17.3 Å². The van der Waals surface area contributed by atoms with Crippen LogP contribution in [0.3, 0.4) is 0 Å². The molecular weight excluding hydrogens is 405 g/mol. The fourth-order valence-electron chi connectivity index (χ4n) is 2.43. The zero-order chi connectivity index (χ0) is 22.3. The molecule has 0 atom stereocenters. The van der Waals surface area contributed by atoms with Crippen LogP contribution in [0.4, 0.5) is 13.2 Å². The molecule has 30 heavy (non-hydrogen) atoms. The molecule has 11 heteroatoms. The highest BCUT2D eigenvalue weighted by molar-refractivity contribution is 6.43. The summed E-state index contributed by atoms with van der Waals surface area (Å²) in [4.78, 5) is 29.3. The van der Waals surface area contributed by atoms with Crippen LogP contribution in [-0.2, 0) is 32.0 Å². The molecule has 0 spiro atoms. The number of hydrogen-bond acceptors (Lipinski definition) is 8. The molecular formula is C19H19F3N4O4. The molecule has 0 aliphatic rings. The van der Waals surface area contributed by atoms with E-state index in [2.05, 4.69) is 20.3 Å². The highest BCUT2D eigenvalue weighted by atomic mass is 19.4. The summed E-state index contributed by atoms with van der Waals surface area (Å²) in [5, 5.41) is 7.52. The highest BCUT2D eigenvalue weighted by Gasteiger charge is 2.33. The van der Waals surface area contributed by atoms with Crippen LogP contribution in [0.1, 0.15) is 35.1 Å². The molecule has 1 aromatic heterocycles. The number of esters is 1. The zero-order valence-corrected chi connectivity index (χ0v) is 16.6. The number of halogens is 3. The van der Waals surface area contributed by atoms with Crippen LogP contribution in [0, 0.1) is 6.92 Å². The number of rotatable bonds is 7. The van der Waals surface area contributed by atoms with Crippen molar-refractivity contribution in [1.82, 2.24) is 9.97 Å². The average Bonchev–Trinajstić information content (AvgIpc) is 2.72.